The molecule has 0 spiro atoms. The highest BCUT2D eigenvalue weighted by atomic mass is 16.5. The average Bonchev–Trinajstić information content (AvgIpc) is 2.98. The van der Waals surface area contributed by atoms with Crippen molar-refractivity contribution in [3.05, 3.63) is 11.3 Å². The molecule has 3 rings (SSSR count). The lowest BCUT2D eigenvalue weighted by atomic mass is 9.92. The van der Waals surface area contributed by atoms with Gasteiger partial charge in [0.05, 0.1) is 12.2 Å². The van der Waals surface area contributed by atoms with E-state index in [4.69, 9.17) is 9.26 Å². The van der Waals surface area contributed by atoms with E-state index in [1.807, 2.05) is 6.92 Å². The van der Waals surface area contributed by atoms with Crippen LogP contribution in [0.25, 0.3) is 0 Å². The largest absolute Gasteiger partial charge is 0.476 e. The quantitative estimate of drug-likeness (QED) is 0.808. The topological polar surface area (TPSA) is 38.5 Å². The SMILES string of the molecule is CCOc1noc2c1[C@H](N1CCCC1)CCC2. The lowest BCUT2D eigenvalue weighted by Gasteiger charge is -2.30. The molecule has 1 fully saturated rings. The highest BCUT2D eigenvalue weighted by molar-refractivity contribution is 5.34. The van der Waals surface area contributed by atoms with Crippen molar-refractivity contribution in [3.8, 4) is 5.88 Å². The van der Waals surface area contributed by atoms with Crippen molar-refractivity contribution in [1.82, 2.24) is 10.1 Å². The maximum atomic E-state index is 5.60. The van der Waals surface area contributed by atoms with Crippen LogP contribution in [0.3, 0.4) is 0 Å². The highest BCUT2D eigenvalue weighted by Gasteiger charge is 2.34. The second-order valence-corrected chi connectivity index (χ2v) is 4.91. The molecule has 17 heavy (non-hydrogen) atoms. The van der Waals surface area contributed by atoms with E-state index in [1.165, 1.54) is 44.3 Å². The van der Waals surface area contributed by atoms with E-state index in [2.05, 4.69) is 10.1 Å². The molecule has 0 saturated carbocycles. The van der Waals surface area contributed by atoms with E-state index in [0.717, 1.165) is 18.1 Å². The van der Waals surface area contributed by atoms with Gasteiger partial charge in [0.1, 0.15) is 5.76 Å². The average molecular weight is 236 g/mol. The summed E-state index contributed by atoms with van der Waals surface area (Å²) in [6.07, 6.45) is 6.07. The molecule has 94 valence electrons. The van der Waals surface area contributed by atoms with Gasteiger partial charge in [0, 0.05) is 12.5 Å². The summed E-state index contributed by atoms with van der Waals surface area (Å²) in [5.41, 5.74) is 1.24. The molecule has 1 aromatic heterocycles. The van der Waals surface area contributed by atoms with E-state index < -0.39 is 0 Å². The summed E-state index contributed by atoms with van der Waals surface area (Å²) in [7, 11) is 0. The maximum absolute atomic E-state index is 5.60. The molecular formula is C13H20N2O2. The zero-order valence-corrected chi connectivity index (χ0v) is 10.4. The number of ether oxygens (including phenoxy) is 1. The zero-order valence-electron chi connectivity index (χ0n) is 10.4. The second kappa shape index (κ2) is 4.69. The molecule has 0 radical (unpaired) electrons. The number of aryl methyl sites for hydroxylation is 1. The minimum atomic E-state index is 0.481. The fourth-order valence-electron chi connectivity index (χ4n) is 3.08. The Hall–Kier alpha value is -1.03. The zero-order chi connectivity index (χ0) is 11.7. The number of hydrogen-bond donors (Lipinski definition) is 0. The molecule has 4 nitrogen and oxygen atoms in total. The molecule has 2 aliphatic rings. The molecule has 2 heterocycles. The minimum Gasteiger partial charge on any atom is -0.476 e. The Kier molecular flexibility index (Phi) is 3.05. The van der Waals surface area contributed by atoms with E-state index in [1.54, 1.807) is 0 Å². The van der Waals surface area contributed by atoms with E-state index >= 15 is 0 Å². The van der Waals surface area contributed by atoms with Gasteiger partial charge in [0.15, 0.2) is 0 Å². The highest BCUT2D eigenvalue weighted by Crippen LogP contribution is 2.41. The summed E-state index contributed by atoms with van der Waals surface area (Å²) in [4.78, 5) is 2.57. The van der Waals surface area contributed by atoms with E-state index in [9.17, 15) is 0 Å². The Bertz CT molecular complexity index is 383. The van der Waals surface area contributed by atoms with Crippen LogP contribution in [0.15, 0.2) is 4.52 Å². The number of rotatable bonds is 3. The predicted molar refractivity (Wildman–Crippen MR) is 64.2 cm³/mol. The van der Waals surface area contributed by atoms with Crippen LogP contribution in [-0.4, -0.2) is 29.8 Å². The summed E-state index contributed by atoms with van der Waals surface area (Å²) in [5.74, 6) is 1.79. The van der Waals surface area contributed by atoms with Crippen molar-refractivity contribution in [1.29, 1.82) is 0 Å². The van der Waals surface area contributed by atoms with Crippen molar-refractivity contribution in [3.63, 3.8) is 0 Å². The molecule has 1 aromatic rings. The number of hydrogen-bond acceptors (Lipinski definition) is 4. The van der Waals surface area contributed by atoms with Gasteiger partial charge in [-0.15, -0.1) is 0 Å². The molecule has 0 aromatic carbocycles. The van der Waals surface area contributed by atoms with Gasteiger partial charge in [-0.3, -0.25) is 4.90 Å². The molecule has 1 aliphatic heterocycles. The normalized spacial score (nSPS) is 24.9. The summed E-state index contributed by atoms with van der Waals surface area (Å²) in [6.45, 7) is 5.07. The van der Waals surface area contributed by atoms with Gasteiger partial charge >= 0.3 is 0 Å². The van der Waals surface area contributed by atoms with Crippen LogP contribution >= 0.6 is 0 Å². The molecule has 1 atom stereocenters. The minimum absolute atomic E-state index is 0.481. The first-order valence-electron chi connectivity index (χ1n) is 6.75. The molecular weight excluding hydrogens is 216 g/mol. The molecule has 0 amide bonds. The predicted octanol–water partition coefficient (Wildman–Crippen LogP) is 2.55. The van der Waals surface area contributed by atoms with Gasteiger partial charge in [-0.05, 0) is 50.9 Å². The Morgan fingerprint density at radius 3 is 2.94 bits per heavy atom. The first-order chi connectivity index (χ1) is 8.40. The third-order valence-corrected chi connectivity index (χ3v) is 3.85. The van der Waals surface area contributed by atoms with Gasteiger partial charge in [-0.2, -0.15) is 0 Å². The Labute approximate surface area is 102 Å². The lowest BCUT2D eigenvalue weighted by Crippen LogP contribution is -2.28. The number of nitrogens with zero attached hydrogens (tertiary/aromatic N) is 2. The van der Waals surface area contributed by atoms with E-state index in [-0.39, 0.29) is 0 Å². The molecule has 0 unspecified atom stereocenters. The first-order valence-corrected chi connectivity index (χ1v) is 6.75. The Morgan fingerprint density at radius 1 is 1.35 bits per heavy atom. The Morgan fingerprint density at radius 2 is 2.18 bits per heavy atom. The maximum Gasteiger partial charge on any atom is 0.259 e. The summed E-state index contributed by atoms with van der Waals surface area (Å²) in [6, 6.07) is 0.481. The lowest BCUT2D eigenvalue weighted by molar-refractivity contribution is 0.210. The molecule has 0 N–H and O–H groups in total. The smallest absolute Gasteiger partial charge is 0.259 e. The third kappa shape index (κ3) is 1.95. The van der Waals surface area contributed by atoms with Crippen molar-refractivity contribution in [2.45, 2.75) is 45.1 Å². The fourth-order valence-corrected chi connectivity index (χ4v) is 3.08. The fraction of sp³-hybridized carbons (Fsp3) is 0.769. The van der Waals surface area contributed by atoms with Crippen LogP contribution < -0.4 is 4.74 Å². The van der Waals surface area contributed by atoms with Crippen LogP contribution in [0.5, 0.6) is 5.88 Å². The van der Waals surface area contributed by atoms with Crippen LogP contribution in [0.4, 0.5) is 0 Å². The van der Waals surface area contributed by atoms with Gasteiger partial charge in [-0.1, -0.05) is 0 Å². The monoisotopic (exact) mass is 236 g/mol. The molecule has 0 bridgehead atoms. The van der Waals surface area contributed by atoms with Crippen molar-refractivity contribution in [2.24, 2.45) is 0 Å². The number of aromatic nitrogens is 1. The summed E-state index contributed by atoms with van der Waals surface area (Å²) >= 11 is 0. The Balaban J connectivity index is 1.90. The molecule has 1 saturated heterocycles. The van der Waals surface area contributed by atoms with Crippen LogP contribution in [0.1, 0.15) is 50.0 Å². The van der Waals surface area contributed by atoms with Crippen molar-refractivity contribution < 1.29 is 9.26 Å². The van der Waals surface area contributed by atoms with Gasteiger partial charge in [0.2, 0.25) is 0 Å². The van der Waals surface area contributed by atoms with Crippen LogP contribution in [-0.2, 0) is 6.42 Å². The molecule has 1 aliphatic carbocycles. The van der Waals surface area contributed by atoms with Crippen LogP contribution in [0.2, 0.25) is 0 Å². The van der Waals surface area contributed by atoms with Crippen molar-refractivity contribution in [2.75, 3.05) is 19.7 Å². The number of fused-ring (bicyclic) bond motifs is 1. The van der Waals surface area contributed by atoms with Gasteiger partial charge in [-0.25, -0.2) is 0 Å². The van der Waals surface area contributed by atoms with Crippen LogP contribution in [0, 0.1) is 0 Å². The summed E-state index contributed by atoms with van der Waals surface area (Å²) < 4.78 is 11.0. The van der Waals surface area contributed by atoms with Gasteiger partial charge < -0.3 is 9.26 Å². The van der Waals surface area contributed by atoms with E-state index in [0.29, 0.717) is 12.6 Å². The standard InChI is InChI=1S/C13H20N2O2/c1-2-16-13-12-10(15-8-3-4-9-15)6-5-7-11(12)17-14-13/h10H,2-9H2,1H3/t10-/m1/s1. The van der Waals surface area contributed by atoms with Gasteiger partial charge in [0.25, 0.3) is 5.88 Å². The third-order valence-electron chi connectivity index (χ3n) is 3.85. The summed E-state index contributed by atoms with van der Waals surface area (Å²) in [5, 5.41) is 4.09. The first kappa shape index (κ1) is 11.1. The molecule has 4 heteroatoms. The second-order valence-electron chi connectivity index (χ2n) is 4.91. The van der Waals surface area contributed by atoms with Crippen molar-refractivity contribution >= 4 is 0 Å². The number of likely N-dealkylation sites (tertiary alicyclic amines) is 1.